The van der Waals surface area contributed by atoms with Crippen LogP contribution < -0.4 is 0 Å². The highest BCUT2D eigenvalue weighted by Gasteiger charge is 2.09. The highest BCUT2D eigenvalue weighted by Crippen LogP contribution is 2.20. The molecular formula is C10H18O. The molecule has 2 unspecified atom stereocenters. The molecule has 1 rings (SSSR count). The molecule has 2 atom stereocenters. The van der Waals surface area contributed by atoms with Gasteiger partial charge in [0.15, 0.2) is 0 Å². The maximum Gasteiger partial charge on any atom is 0.0517 e. The minimum absolute atomic E-state index is 0.136. The zero-order chi connectivity index (χ0) is 8.10. The van der Waals surface area contributed by atoms with Crippen molar-refractivity contribution >= 4 is 0 Å². The van der Waals surface area contributed by atoms with Gasteiger partial charge in [-0.15, -0.1) is 0 Å². The van der Waals surface area contributed by atoms with Crippen LogP contribution in [0.4, 0.5) is 0 Å². The smallest absolute Gasteiger partial charge is 0.0517 e. The lowest BCUT2D eigenvalue weighted by molar-refractivity contribution is 0.167. The van der Waals surface area contributed by atoms with Gasteiger partial charge in [-0.2, -0.15) is 0 Å². The minimum Gasteiger partial charge on any atom is -0.393 e. The largest absolute Gasteiger partial charge is 0.393 e. The summed E-state index contributed by atoms with van der Waals surface area (Å²) in [5.74, 6) is 0.637. The third-order valence-electron chi connectivity index (χ3n) is 2.25. The average Bonchev–Trinajstić information content (AvgIpc) is 2.14. The lowest BCUT2D eigenvalue weighted by Gasteiger charge is -2.12. The Balaban J connectivity index is 2.30. The van der Waals surface area contributed by atoms with Crippen molar-refractivity contribution in [2.75, 3.05) is 0 Å². The van der Waals surface area contributed by atoms with Crippen molar-refractivity contribution < 1.29 is 5.11 Å². The Labute approximate surface area is 69.1 Å². The van der Waals surface area contributed by atoms with Gasteiger partial charge in [-0.25, -0.2) is 0 Å². The molecule has 1 aliphatic rings. The van der Waals surface area contributed by atoms with E-state index in [4.69, 9.17) is 5.11 Å². The van der Waals surface area contributed by atoms with Gasteiger partial charge in [0.05, 0.1) is 6.10 Å². The normalized spacial score (nSPS) is 28.0. The van der Waals surface area contributed by atoms with Gasteiger partial charge >= 0.3 is 0 Å². The van der Waals surface area contributed by atoms with Crippen molar-refractivity contribution in [2.45, 2.75) is 45.1 Å². The first-order valence-corrected chi connectivity index (χ1v) is 4.64. The molecule has 1 nitrogen and oxygen atoms in total. The van der Waals surface area contributed by atoms with E-state index in [1.54, 1.807) is 0 Å². The zero-order valence-electron chi connectivity index (χ0n) is 7.29. The van der Waals surface area contributed by atoms with Crippen LogP contribution in [0.25, 0.3) is 0 Å². The average molecular weight is 154 g/mol. The van der Waals surface area contributed by atoms with Gasteiger partial charge in [-0.1, -0.05) is 18.6 Å². The second-order valence-electron chi connectivity index (χ2n) is 3.56. The van der Waals surface area contributed by atoms with Gasteiger partial charge in [-0.05, 0) is 38.5 Å². The predicted molar refractivity (Wildman–Crippen MR) is 47.4 cm³/mol. The summed E-state index contributed by atoms with van der Waals surface area (Å²) in [7, 11) is 0. The number of allylic oxidation sites excluding steroid dienone is 2. The van der Waals surface area contributed by atoms with Crippen molar-refractivity contribution in [3.05, 3.63) is 12.2 Å². The minimum atomic E-state index is -0.136. The van der Waals surface area contributed by atoms with E-state index in [0.717, 1.165) is 6.42 Å². The lowest BCUT2D eigenvalue weighted by Crippen LogP contribution is -2.07. The van der Waals surface area contributed by atoms with Crippen LogP contribution in [0.1, 0.15) is 39.0 Å². The van der Waals surface area contributed by atoms with Crippen LogP contribution >= 0.6 is 0 Å². The fourth-order valence-electron chi connectivity index (χ4n) is 1.69. The van der Waals surface area contributed by atoms with Gasteiger partial charge in [-0.3, -0.25) is 0 Å². The zero-order valence-corrected chi connectivity index (χ0v) is 7.29. The van der Waals surface area contributed by atoms with Crippen molar-refractivity contribution in [3.63, 3.8) is 0 Å². The molecule has 0 heterocycles. The molecular weight excluding hydrogens is 136 g/mol. The number of hydrogen-bond donors (Lipinski definition) is 1. The molecule has 11 heavy (non-hydrogen) atoms. The second-order valence-corrected chi connectivity index (χ2v) is 3.56. The van der Waals surface area contributed by atoms with Crippen LogP contribution in [0, 0.1) is 5.92 Å². The molecule has 0 fully saturated rings. The summed E-state index contributed by atoms with van der Waals surface area (Å²) in [5.41, 5.74) is 0. The summed E-state index contributed by atoms with van der Waals surface area (Å²) < 4.78 is 0. The molecule has 1 heteroatoms. The molecule has 64 valence electrons. The quantitative estimate of drug-likeness (QED) is 0.606. The Kier molecular flexibility index (Phi) is 3.64. The topological polar surface area (TPSA) is 20.2 Å². The van der Waals surface area contributed by atoms with Gasteiger partial charge < -0.3 is 5.11 Å². The molecule has 0 aromatic carbocycles. The van der Waals surface area contributed by atoms with Gasteiger partial charge in [0.1, 0.15) is 0 Å². The molecule has 0 spiro atoms. The third kappa shape index (κ3) is 3.57. The van der Waals surface area contributed by atoms with E-state index in [-0.39, 0.29) is 6.10 Å². The Morgan fingerprint density at radius 1 is 1.55 bits per heavy atom. The number of hydrogen-bond acceptors (Lipinski definition) is 1. The van der Waals surface area contributed by atoms with Crippen LogP contribution in [0.5, 0.6) is 0 Å². The van der Waals surface area contributed by atoms with Crippen LogP contribution in [0.3, 0.4) is 0 Å². The van der Waals surface area contributed by atoms with E-state index in [0.29, 0.717) is 5.92 Å². The monoisotopic (exact) mass is 154 g/mol. The van der Waals surface area contributed by atoms with Crippen LogP contribution in [-0.4, -0.2) is 11.2 Å². The molecule has 0 amide bonds. The second kappa shape index (κ2) is 4.55. The van der Waals surface area contributed by atoms with Crippen LogP contribution in [0.15, 0.2) is 12.2 Å². The first-order chi connectivity index (χ1) is 5.29. The van der Waals surface area contributed by atoms with E-state index < -0.39 is 0 Å². The van der Waals surface area contributed by atoms with E-state index in [9.17, 15) is 0 Å². The fourth-order valence-corrected chi connectivity index (χ4v) is 1.69. The summed E-state index contributed by atoms with van der Waals surface area (Å²) in [6.07, 6.45) is 10.5. The summed E-state index contributed by atoms with van der Waals surface area (Å²) in [6.45, 7) is 1.87. The Morgan fingerprint density at radius 3 is 3.09 bits per heavy atom. The van der Waals surface area contributed by atoms with Gasteiger partial charge in [0.2, 0.25) is 0 Å². The molecule has 0 saturated heterocycles. The van der Waals surface area contributed by atoms with Crippen molar-refractivity contribution in [2.24, 2.45) is 5.92 Å². The van der Waals surface area contributed by atoms with Crippen molar-refractivity contribution in [3.8, 4) is 0 Å². The summed E-state index contributed by atoms with van der Waals surface area (Å²) in [6, 6.07) is 0. The number of aliphatic hydroxyl groups is 1. The SMILES string of the molecule is CC(O)CC1C=CCCCC1. The summed E-state index contributed by atoms with van der Waals surface area (Å²) in [5, 5.41) is 9.16. The summed E-state index contributed by atoms with van der Waals surface area (Å²) >= 11 is 0. The van der Waals surface area contributed by atoms with E-state index in [1.807, 2.05) is 6.92 Å². The highest BCUT2D eigenvalue weighted by molar-refractivity contribution is 4.91. The van der Waals surface area contributed by atoms with Crippen LogP contribution in [-0.2, 0) is 0 Å². The Hall–Kier alpha value is -0.300. The molecule has 0 aromatic heterocycles. The van der Waals surface area contributed by atoms with Gasteiger partial charge in [0, 0.05) is 0 Å². The van der Waals surface area contributed by atoms with Crippen molar-refractivity contribution in [1.29, 1.82) is 0 Å². The molecule has 0 aromatic rings. The maximum atomic E-state index is 9.16. The number of aliphatic hydroxyl groups excluding tert-OH is 1. The first-order valence-electron chi connectivity index (χ1n) is 4.64. The van der Waals surface area contributed by atoms with E-state index in [1.165, 1.54) is 25.7 Å². The standard InChI is InChI=1S/C10H18O/c1-9(11)8-10-6-4-2-3-5-7-10/h4,6,9-11H,2-3,5,7-8H2,1H3. The Morgan fingerprint density at radius 2 is 2.36 bits per heavy atom. The molecule has 1 N–H and O–H groups in total. The first kappa shape index (κ1) is 8.79. The molecule has 1 aliphatic carbocycles. The molecule has 0 radical (unpaired) electrons. The van der Waals surface area contributed by atoms with E-state index >= 15 is 0 Å². The highest BCUT2D eigenvalue weighted by atomic mass is 16.3. The Bertz CT molecular complexity index is 127. The maximum absolute atomic E-state index is 9.16. The molecule has 0 saturated carbocycles. The number of rotatable bonds is 2. The molecule has 0 bridgehead atoms. The van der Waals surface area contributed by atoms with E-state index in [2.05, 4.69) is 12.2 Å². The summed E-state index contributed by atoms with van der Waals surface area (Å²) in [4.78, 5) is 0. The van der Waals surface area contributed by atoms with Crippen LogP contribution in [0.2, 0.25) is 0 Å². The van der Waals surface area contributed by atoms with Crippen molar-refractivity contribution in [1.82, 2.24) is 0 Å². The predicted octanol–water partition coefficient (Wildman–Crippen LogP) is 2.50. The third-order valence-corrected chi connectivity index (χ3v) is 2.25. The lowest BCUT2D eigenvalue weighted by atomic mass is 9.97. The van der Waals surface area contributed by atoms with Gasteiger partial charge in [0.25, 0.3) is 0 Å². The molecule has 0 aliphatic heterocycles. The fraction of sp³-hybridized carbons (Fsp3) is 0.800.